The van der Waals surface area contributed by atoms with Crippen LogP contribution >= 0.6 is 0 Å². The van der Waals surface area contributed by atoms with E-state index in [1.54, 1.807) is 18.2 Å². The Kier molecular flexibility index (Phi) is 14.7. The van der Waals surface area contributed by atoms with Crippen LogP contribution in [-0.4, -0.2) is 52.8 Å². The van der Waals surface area contributed by atoms with Crippen molar-refractivity contribution in [2.45, 2.75) is 57.7 Å². The highest BCUT2D eigenvalue weighted by atomic mass is 19.1. The van der Waals surface area contributed by atoms with Crippen molar-refractivity contribution in [2.75, 3.05) is 19.6 Å². The van der Waals surface area contributed by atoms with Gasteiger partial charge in [-0.1, -0.05) is 24.8 Å². The molecule has 164 valence electrons. The summed E-state index contributed by atoms with van der Waals surface area (Å²) in [6.45, 7) is 13.1. The summed E-state index contributed by atoms with van der Waals surface area (Å²) in [7, 11) is 0. The molecule has 0 aliphatic carbocycles. The van der Waals surface area contributed by atoms with E-state index in [1.807, 2.05) is 13.8 Å². The van der Waals surface area contributed by atoms with Gasteiger partial charge in [0, 0.05) is 25.7 Å². The molecule has 2 rings (SSSR count). The zero-order valence-electron chi connectivity index (χ0n) is 17.9. The maximum atomic E-state index is 12.9. The summed E-state index contributed by atoms with van der Waals surface area (Å²) in [5.74, 6) is -0.237. The minimum atomic E-state index is -0.668. The van der Waals surface area contributed by atoms with Crippen molar-refractivity contribution in [3.8, 4) is 0 Å². The third kappa shape index (κ3) is 13.7. The van der Waals surface area contributed by atoms with Crippen molar-refractivity contribution in [1.82, 2.24) is 4.90 Å². The number of aliphatic hydroxyl groups is 2. The van der Waals surface area contributed by atoms with Gasteiger partial charge >= 0.3 is 0 Å². The first-order valence-corrected chi connectivity index (χ1v) is 10.1. The van der Waals surface area contributed by atoms with Crippen LogP contribution in [0.2, 0.25) is 0 Å². The first-order valence-electron chi connectivity index (χ1n) is 10.1. The molecule has 0 aromatic heterocycles. The van der Waals surface area contributed by atoms with Crippen molar-refractivity contribution < 1.29 is 14.6 Å². The number of rotatable bonds is 7. The SMILES string of the molecule is C=CC.C=CN=CN.CC(O)CCCN1CCC(O)(Cc2ccc(F)cc2)CC1. The number of nitrogens with two attached hydrogens (primary N) is 1. The Hall–Kier alpha value is -2.02. The van der Waals surface area contributed by atoms with E-state index in [0.29, 0.717) is 6.42 Å². The van der Waals surface area contributed by atoms with Crippen LogP contribution in [0.5, 0.6) is 0 Å². The van der Waals surface area contributed by atoms with Crippen LogP contribution in [0.1, 0.15) is 45.1 Å². The maximum absolute atomic E-state index is 12.9. The molecule has 1 saturated heterocycles. The highest BCUT2D eigenvalue weighted by Gasteiger charge is 2.32. The molecular weight excluding hydrogens is 369 g/mol. The summed E-state index contributed by atoms with van der Waals surface area (Å²) in [4.78, 5) is 5.74. The Bertz CT molecular complexity index is 580. The molecule has 4 N–H and O–H groups in total. The fourth-order valence-electron chi connectivity index (χ4n) is 3.02. The number of hydrogen-bond acceptors (Lipinski definition) is 4. The van der Waals surface area contributed by atoms with Crippen LogP contribution < -0.4 is 5.73 Å². The van der Waals surface area contributed by atoms with Crippen molar-refractivity contribution in [3.63, 3.8) is 0 Å². The number of halogens is 1. The Morgan fingerprint density at radius 1 is 1.28 bits per heavy atom. The molecule has 5 nitrogen and oxygen atoms in total. The lowest BCUT2D eigenvalue weighted by Crippen LogP contribution is -2.45. The number of piperidine rings is 1. The van der Waals surface area contributed by atoms with E-state index in [1.165, 1.54) is 24.7 Å². The van der Waals surface area contributed by atoms with Gasteiger partial charge in [0.1, 0.15) is 5.82 Å². The lowest BCUT2D eigenvalue weighted by atomic mass is 9.85. The zero-order chi connectivity index (χ0) is 22.1. The van der Waals surface area contributed by atoms with Gasteiger partial charge in [-0.3, -0.25) is 0 Å². The van der Waals surface area contributed by atoms with Gasteiger partial charge in [0.2, 0.25) is 0 Å². The summed E-state index contributed by atoms with van der Waals surface area (Å²) >= 11 is 0. The summed E-state index contributed by atoms with van der Waals surface area (Å²) < 4.78 is 12.9. The van der Waals surface area contributed by atoms with E-state index in [2.05, 4.69) is 23.1 Å². The van der Waals surface area contributed by atoms with Crippen LogP contribution in [-0.2, 0) is 6.42 Å². The average Bonchev–Trinajstić information content (AvgIpc) is 2.67. The van der Waals surface area contributed by atoms with Gasteiger partial charge in [-0.05, 0) is 63.8 Å². The third-order valence-corrected chi connectivity index (χ3v) is 4.52. The van der Waals surface area contributed by atoms with E-state index in [4.69, 9.17) is 5.73 Å². The molecule has 1 aromatic carbocycles. The standard InChI is InChI=1S/C17H26FNO2.C3H6N2.C3H6/c1-14(20)3-2-10-19-11-8-17(21,9-12-19)13-15-4-6-16(18)7-5-15;1-2-5-3-4;1-3-2/h4-7,14,20-21H,2-3,8-13H2,1H3;2-3H,1H2,(H2,4,5);3H,1H2,2H3. The number of allylic oxidation sites excluding steroid dienone is 1. The quantitative estimate of drug-likeness (QED) is 0.366. The Morgan fingerprint density at radius 3 is 2.24 bits per heavy atom. The fraction of sp³-hybridized carbons (Fsp3) is 0.522. The molecule has 1 heterocycles. The van der Waals surface area contributed by atoms with Crippen LogP contribution in [0.3, 0.4) is 0 Å². The zero-order valence-corrected chi connectivity index (χ0v) is 17.9. The predicted octanol–water partition coefficient (Wildman–Crippen LogP) is 3.67. The molecule has 0 amide bonds. The Balaban J connectivity index is 0.000000838. The first-order chi connectivity index (χ1) is 13.8. The third-order valence-electron chi connectivity index (χ3n) is 4.52. The summed E-state index contributed by atoms with van der Waals surface area (Å²) in [6.07, 6.45) is 8.00. The molecule has 0 bridgehead atoms. The second-order valence-corrected chi connectivity index (χ2v) is 7.25. The molecule has 1 aliphatic heterocycles. The van der Waals surface area contributed by atoms with Crippen LogP contribution in [0.4, 0.5) is 4.39 Å². The topological polar surface area (TPSA) is 82.1 Å². The largest absolute Gasteiger partial charge is 0.393 e. The van der Waals surface area contributed by atoms with E-state index in [9.17, 15) is 14.6 Å². The normalized spacial score (nSPS) is 16.7. The molecule has 1 fully saturated rings. The fourth-order valence-corrected chi connectivity index (χ4v) is 3.02. The van der Waals surface area contributed by atoms with E-state index in [0.717, 1.165) is 50.9 Å². The van der Waals surface area contributed by atoms with Gasteiger partial charge in [0.25, 0.3) is 0 Å². The summed E-state index contributed by atoms with van der Waals surface area (Å²) in [5, 5.41) is 19.9. The molecule has 1 aliphatic rings. The maximum Gasteiger partial charge on any atom is 0.123 e. The molecular formula is C23H38FN3O2. The molecule has 0 spiro atoms. The van der Waals surface area contributed by atoms with Crippen molar-refractivity contribution in [1.29, 1.82) is 0 Å². The van der Waals surface area contributed by atoms with E-state index < -0.39 is 5.60 Å². The highest BCUT2D eigenvalue weighted by molar-refractivity contribution is 5.51. The molecule has 1 aromatic rings. The lowest BCUT2D eigenvalue weighted by Gasteiger charge is -2.38. The number of likely N-dealkylation sites (tertiary alicyclic amines) is 1. The van der Waals surface area contributed by atoms with Crippen molar-refractivity contribution in [2.24, 2.45) is 10.7 Å². The monoisotopic (exact) mass is 407 g/mol. The van der Waals surface area contributed by atoms with Gasteiger partial charge in [-0.15, -0.1) is 6.58 Å². The molecule has 0 radical (unpaired) electrons. The smallest absolute Gasteiger partial charge is 0.123 e. The van der Waals surface area contributed by atoms with Crippen LogP contribution in [0, 0.1) is 5.82 Å². The Labute approximate surface area is 175 Å². The molecule has 6 heteroatoms. The number of benzene rings is 1. The van der Waals surface area contributed by atoms with Gasteiger partial charge < -0.3 is 20.8 Å². The number of aliphatic hydroxyl groups excluding tert-OH is 1. The number of nitrogens with zero attached hydrogens (tertiary/aromatic N) is 2. The molecule has 1 unspecified atom stereocenters. The van der Waals surface area contributed by atoms with Crippen LogP contribution in [0.25, 0.3) is 0 Å². The second kappa shape index (κ2) is 15.9. The van der Waals surface area contributed by atoms with E-state index >= 15 is 0 Å². The molecule has 29 heavy (non-hydrogen) atoms. The van der Waals surface area contributed by atoms with Gasteiger partial charge in [-0.2, -0.15) is 0 Å². The lowest BCUT2D eigenvalue weighted by molar-refractivity contribution is -0.0213. The molecule has 1 atom stereocenters. The van der Waals surface area contributed by atoms with Crippen molar-refractivity contribution in [3.05, 3.63) is 61.1 Å². The number of hydrogen-bond donors (Lipinski definition) is 3. The van der Waals surface area contributed by atoms with E-state index in [-0.39, 0.29) is 11.9 Å². The van der Waals surface area contributed by atoms with Gasteiger partial charge in [-0.25, -0.2) is 9.38 Å². The van der Waals surface area contributed by atoms with Gasteiger partial charge in [0.05, 0.1) is 18.0 Å². The van der Waals surface area contributed by atoms with Crippen molar-refractivity contribution >= 4 is 6.34 Å². The minimum absolute atomic E-state index is 0.231. The highest BCUT2D eigenvalue weighted by Crippen LogP contribution is 2.26. The summed E-state index contributed by atoms with van der Waals surface area (Å²) in [5.41, 5.74) is 5.10. The second-order valence-electron chi connectivity index (χ2n) is 7.25. The minimum Gasteiger partial charge on any atom is -0.393 e. The first kappa shape index (κ1) is 27.0. The van der Waals surface area contributed by atoms with Crippen LogP contribution in [0.15, 0.2) is 54.7 Å². The van der Waals surface area contributed by atoms with Gasteiger partial charge in [0.15, 0.2) is 0 Å². The predicted molar refractivity (Wildman–Crippen MR) is 120 cm³/mol. The molecule has 0 saturated carbocycles. The average molecular weight is 408 g/mol. The summed E-state index contributed by atoms with van der Waals surface area (Å²) in [6, 6.07) is 6.40. The Morgan fingerprint density at radius 2 is 1.83 bits per heavy atom. The number of aliphatic imine (C=N–C) groups is 1.